The van der Waals surface area contributed by atoms with Crippen LogP contribution >= 0.6 is 0 Å². The number of benzene rings is 1. The fourth-order valence-electron chi connectivity index (χ4n) is 2.10. The van der Waals surface area contributed by atoms with Gasteiger partial charge in [-0.05, 0) is 18.6 Å². The Hall–Kier alpha value is -2.35. The molecule has 5 heteroatoms. The number of esters is 1. The van der Waals surface area contributed by atoms with Gasteiger partial charge in [-0.2, -0.15) is 5.26 Å². The van der Waals surface area contributed by atoms with Crippen molar-refractivity contribution < 1.29 is 14.3 Å². The maximum absolute atomic E-state index is 12.0. The van der Waals surface area contributed by atoms with Gasteiger partial charge in [-0.25, -0.2) is 4.79 Å². The average molecular weight is 258 g/mol. The Morgan fingerprint density at radius 2 is 2.16 bits per heavy atom. The summed E-state index contributed by atoms with van der Waals surface area (Å²) in [6, 6.07) is 10.2. The maximum Gasteiger partial charge on any atom is 0.334 e. The van der Waals surface area contributed by atoms with Gasteiger partial charge in [0.1, 0.15) is 11.8 Å². The first kappa shape index (κ1) is 13.1. The Labute approximate surface area is 111 Å². The average Bonchev–Trinajstić information content (AvgIpc) is 2.79. The van der Waals surface area contributed by atoms with E-state index in [1.807, 2.05) is 12.1 Å². The monoisotopic (exact) mass is 258 g/mol. The van der Waals surface area contributed by atoms with Crippen LogP contribution in [0.5, 0.6) is 5.75 Å². The van der Waals surface area contributed by atoms with Crippen molar-refractivity contribution in [1.29, 1.82) is 5.26 Å². The zero-order valence-electron chi connectivity index (χ0n) is 10.4. The molecule has 2 rings (SSSR count). The summed E-state index contributed by atoms with van der Waals surface area (Å²) in [6.07, 6.45) is 1.01. The number of ether oxygens (including phenoxy) is 1. The molecule has 19 heavy (non-hydrogen) atoms. The number of hydrogen-bond donors (Lipinski definition) is 0. The number of rotatable bonds is 4. The van der Waals surface area contributed by atoms with E-state index in [2.05, 4.69) is 0 Å². The molecule has 0 saturated carbocycles. The second-order valence-corrected chi connectivity index (χ2v) is 4.28. The van der Waals surface area contributed by atoms with E-state index in [9.17, 15) is 9.59 Å². The van der Waals surface area contributed by atoms with Crippen LogP contribution in [0.15, 0.2) is 30.3 Å². The number of carbonyl (C=O) groups excluding carboxylic acids is 2. The molecule has 0 radical (unpaired) electrons. The fraction of sp³-hybridized carbons (Fsp3) is 0.357. The van der Waals surface area contributed by atoms with Gasteiger partial charge in [-0.3, -0.25) is 4.79 Å². The van der Waals surface area contributed by atoms with Crippen molar-refractivity contribution in [2.24, 2.45) is 0 Å². The summed E-state index contributed by atoms with van der Waals surface area (Å²) in [6.45, 7) is 0.282. The highest BCUT2D eigenvalue weighted by molar-refractivity contribution is 5.89. The second kappa shape index (κ2) is 6.01. The van der Waals surface area contributed by atoms with Gasteiger partial charge in [0, 0.05) is 13.0 Å². The van der Waals surface area contributed by atoms with Crippen LogP contribution in [-0.4, -0.2) is 29.4 Å². The molecule has 1 fully saturated rings. The van der Waals surface area contributed by atoms with E-state index in [4.69, 9.17) is 10.00 Å². The van der Waals surface area contributed by atoms with Crippen LogP contribution in [0, 0.1) is 11.3 Å². The summed E-state index contributed by atoms with van der Waals surface area (Å²) in [5, 5.41) is 8.57. The minimum absolute atomic E-state index is 0.0924. The highest BCUT2D eigenvalue weighted by Crippen LogP contribution is 2.21. The minimum atomic E-state index is -0.568. The summed E-state index contributed by atoms with van der Waals surface area (Å²) in [5.41, 5.74) is 0. The van der Waals surface area contributed by atoms with E-state index in [1.54, 1.807) is 24.3 Å². The zero-order valence-corrected chi connectivity index (χ0v) is 10.4. The van der Waals surface area contributed by atoms with Gasteiger partial charge in [0.25, 0.3) is 0 Å². The van der Waals surface area contributed by atoms with Crippen molar-refractivity contribution in [1.82, 2.24) is 4.90 Å². The SMILES string of the molecule is N#CCCN1C(=O)CCC1C(=O)Oc1ccccc1. The van der Waals surface area contributed by atoms with Crippen LogP contribution < -0.4 is 4.74 Å². The quantitative estimate of drug-likeness (QED) is 0.606. The van der Waals surface area contributed by atoms with Crippen molar-refractivity contribution in [2.75, 3.05) is 6.54 Å². The van der Waals surface area contributed by atoms with Crippen LogP contribution in [0.25, 0.3) is 0 Å². The van der Waals surface area contributed by atoms with Crippen LogP contribution in [0.4, 0.5) is 0 Å². The first-order chi connectivity index (χ1) is 9.22. The van der Waals surface area contributed by atoms with Crippen LogP contribution in [0.3, 0.4) is 0 Å². The third-order valence-electron chi connectivity index (χ3n) is 3.03. The van der Waals surface area contributed by atoms with Gasteiger partial charge in [0.05, 0.1) is 12.5 Å². The summed E-state index contributed by atoms with van der Waals surface area (Å²) < 4.78 is 5.24. The number of amides is 1. The van der Waals surface area contributed by atoms with Crippen molar-refractivity contribution >= 4 is 11.9 Å². The molecule has 1 aromatic carbocycles. The Morgan fingerprint density at radius 1 is 1.42 bits per heavy atom. The first-order valence-electron chi connectivity index (χ1n) is 6.15. The van der Waals surface area contributed by atoms with Crippen LogP contribution in [0.2, 0.25) is 0 Å². The summed E-state index contributed by atoms with van der Waals surface area (Å²) >= 11 is 0. The highest BCUT2D eigenvalue weighted by atomic mass is 16.5. The lowest BCUT2D eigenvalue weighted by Gasteiger charge is -2.22. The van der Waals surface area contributed by atoms with Crippen molar-refractivity contribution in [3.8, 4) is 11.8 Å². The molecule has 1 atom stereocenters. The van der Waals surface area contributed by atoms with Gasteiger partial charge >= 0.3 is 5.97 Å². The molecule has 1 heterocycles. The van der Waals surface area contributed by atoms with E-state index in [0.717, 1.165) is 0 Å². The molecule has 1 saturated heterocycles. The maximum atomic E-state index is 12.0. The molecule has 0 N–H and O–H groups in total. The number of nitriles is 1. The number of hydrogen-bond acceptors (Lipinski definition) is 4. The molecular formula is C14H14N2O3. The molecule has 0 bridgehead atoms. The van der Waals surface area contributed by atoms with E-state index < -0.39 is 12.0 Å². The van der Waals surface area contributed by atoms with E-state index in [1.165, 1.54) is 4.90 Å². The first-order valence-corrected chi connectivity index (χ1v) is 6.15. The van der Waals surface area contributed by atoms with Gasteiger partial charge in [0.2, 0.25) is 5.91 Å². The summed E-state index contributed by atoms with van der Waals surface area (Å²) in [7, 11) is 0. The topological polar surface area (TPSA) is 70.4 Å². The largest absolute Gasteiger partial charge is 0.425 e. The van der Waals surface area contributed by atoms with Crippen molar-refractivity contribution in [2.45, 2.75) is 25.3 Å². The van der Waals surface area contributed by atoms with Crippen LogP contribution in [0.1, 0.15) is 19.3 Å². The number of carbonyl (C=O) groups is 2. The van der Waals surface area contributed by atoms with Crippen molar-refractivity contribution in [3.05, 3.63) is 30.3 Å². The molecule has 98 valence electrons. The molecule has 1 aliphatic rings. The smallest absolute Gasteiger partial charge is 0.334 e. The predicted molar refractivity (Wildman–Crippen MR) is 67.0 cm³/mol. The Kier molecular flexibility index (Phi) is 4.14. The molecule has 1 aromatic rings. The van der Waals surface area contributed by atoms with E-state index in [0.29, 0.717) is 18.6 Å². The number of para-hydroxylation sites is 1. The molecular weight excluding hydrogens is 244 g/mol. The summed E-state index contributed by atoms with van der Waals surface area (Å²) in [5.74, 6) is -0.0627. The molecule has 1 amide bonds. The third-order valence-corrected chi connectivity index (χ3v) is 3.03. The molecule has 0 aliphatic carbocycles. The Balaban J connectivity index is 2.02. The fourth-order valence-corrected chi connectivity index (χ4v) is 2.10. The zero-order chi connectivity index (χ0) is 13.7. The normalized spacial score (nSPS) is 18.2. The lowest BCUT2D eigenvalue weighted by atomic mass is 10.2. The molecule has 1 unspecified atom stereocenters. The summed E-state index contributed by atoms with van der Waals surface area (Å²) in [4.78, 5) is 25.1. The number of nitrogens with zero attached hydrogens (tertiary/aromatic N) is 2. The lowest BCUT2D eigenvalue weighted by molar-refractivity contribution is -0.143. The van der Waals surface area contributed by atoms with Crippen molar-refractivity contribution in [3.63, 3.8) is 0 Å². The molecule has 5 nitrogen and oxygen atoms in total. The highest BCUT2D eigenvalue weighted by Gasteiger charge is 2.36. The van der Waals surface area contributed by atoms with Gasteiger partial charge in [0.15, 0.2) is 0 Å². The number of likely N-dealkylation sites (tertiary alicyclic amines) is 1. The Morgan fingerprint density at radius 3 is 2.84 bits per heavy atom. The van der Waals surface area contributed by atoms with E-state index >= 15 is 0 Å². The van der Waals surface area contributed by atoms with E-state index in [-0.39, 0.29) is 18.9 Å². The predicted octanol–water partition coefficient (Wildman–Crippen LogP) is 1.50. The van der Waals surface area contributed by atoms with Gasteiger partial charge < -0.3 is 9.64 Å². The molecule has 0 aromatic heterocycles. The second-order valence-electron chi connectivity index (χ2n) is 4.28. The molecule has 1 aliphatic heterocycles. The standard InChI is InChI=1S/C14H14N2O3/c15-9-4-10-16-12(7-8-13(16)17)14(18)19-11-5-2-1-3-6-11/h1-3,5-6,12H,4,7-8,10H2. The Bertz CT molecular complexity index is 507. The lowest BCUT2D eigenvalue weighted by Crippen LogP contribution is -2.41. The van der Waals surface area contributed by atoms with Gasteiger partial charge in [-0.15, -0.1) is 0 Å². The molecule has 0 spiro atoms. The third kappa shape index (κ3) is 3.10. The van der Waals surface area contributed by atoms with Crippen LogP contribution in [-0.2, 0) is 9.59 Å². The van der Waals surface area contributed by atoms with Gasteiger partial charge in [-0.1, -0.05) is 18.2 Å². The minimum Gasteiger partial charge on any atom is -0.425 e.